The zero-order valence-corrected chi connectivity index (χ0v) is 38.9. The number of esters is 2. The summed E-state index contributed by atoms with van der Waals surface area (Å²) in [6.07, 6.45) is 7.39. The summed E-state index contributed by atoms with van der Waals surface area (Å²) in [5.41, 5.74) is 0.158. The lowest BCUT2D eigenvalue weighted by Crippen LogP contribution is -2.63. The molecule has 2 N–H and O–H groups in total. The summed E-state index contributed by atoms with van der Waals surface area (Å²) in [6.45, 7) is 7.28. The van der Waals surface area contributed by atoms with Crippen LogP contribution < -0.4 is 0 Å². The maximum Gasteiger partial charge on any atom is 0.339 e. The van der Waals surface area contributed by atoms with Gasteiger partial charge in [-0.25, -0.2) is 19.2 Å². The lowest BCUT2D eigenvalue weighted by atomic mass is 9.44. The van der Waals surface area contributed by atoms with Gasteiger partial charge in [0.15, 0.2) is 0 Å². The standard InChI is InChI=1S/C55H61N3O10/c1-54-24-23-43-41(42(54)21-22-47(54)68-53(66)40-15-8-6-13-38(40)51(63)64)20-19-36-31-46(67-52(65)39-14-7-5-12-37(39)50(61)62)45(32-55(36,43)2)56-26-28-57(29-27-56)49(60)44-16-9-25-58(44)48(59)35-18-17-33-10-3-4-11-34(33)30-35/h3-8,10-15,17-18,30,36,41-47H,9,16,19-29,31-32H2,1-2H3,(H,61,62)(H,63,64)/t36-,41?,42?,43?,44-,45-,46-,47-,54-,55-/m0/s1. The summed E-state index contributed by atoms with van der Waals surface area (Å²) in [5.74, 6) is -2.40. The molecule has 356 valence electrons. The molecule has 10 rings (SSSR count). The number of nitrogens with zero attached hydrogens (tertiary/aromatic N) is 3. The van der Waals surface area contributed by atoms with Crippen LogP contribution in [0.15, 0.2) is 91.0 Å². The number of hydrogen-bond donors (Lipinski definition) is 2. The topological polar surface area (TPSA) is 171 Å². The molecule has 13 heteroatoms. The van der Waals surface area contributed by atoms with Crippen molar-refractivity contribution in [2.45, 2.75) is 102 Å². The molecule has 2 aliphatic heterocycles. The van der Waals surface area contributed by atoms with Crippen LogP contribution >= 0.6 is 0 Å². The minimum atomic E-state index is -1.19. The van der Waals surface area contributed by atoms with Crippen molar-refractivity contribution in [2.75, 3.05) is 32.7 Å². The van der Waals surface area contributed by atoms with Crippen molar-refractivity contribution in [2.24, 2.45) is 34.5 Å². The zero-order chi connectivity index (χ0) is 47.5. The Morgan fingerprint density at radius 1 is 0.618 bits per heavy atom. The molecular weight excluding hydrogens is 863 g/mol. The van der Waals surface area contributed by atoms with E-state index in [0.29, 0.717) is 68.9 Å². The van der Waals surface area contributed by atoms with Crippen LogP contribution in [0, 0.1) is 34.5 Å². The molecule has 0 bridgehead atoms. The van der Waals surface area contributed by atoms with Gasteiger partial charge in [-0.3, -0.25) is 14.5 Å². The second-order valence-corrected chi connectivity index (χ2v) is 20.9. The second-order valence-electron chi connectivity index (χ2n) is 20.9. The van der Waals surface area contributed by atoms with Crippen LogP contribution in [0.5, 0.6) is 0 Å². The summed E-state index contributed by atoms with van der Waals surface area (Å²) in [7, 11) is 0. The number of hydrogen-bond acceptors (Lipinski definition) is 9. The largest absolute Gasteiger partial charge is 0.478 e. The minimum absolute atomic E-state index is 0.0278. The van der Waals surface area contributed by atoms with Crippen molar-refractivity contribution in [3.8, 4) is 0 Å². The van der Waals surface area contributed by atoms with Crippen LogP contribution in [0.3, 0.4) is 0 Å². The number of carboxylic acid groups (broad SMARTS) is 2. The Bertz CT molecular complexity index is 2660. The van der Waals surface area contributed by atoms with E-state index in [1.54, 1.807) is 29.2 Å². The van der Waals surface area contributed by atoms with Gasteiger partial charge in [0.05, 0.1) is 22.3 Å². The predicted octanol–water partition coefficient (Wildman–Crippen LogP) is 8.46. The van der Waals surface area contributed by atoms with E-state index in [2.05, 4.69) is 18.7 Å². The maximum absolute atomic E-state index is 14.3. The molecule has 6 aliphatic rings. The fourth-order valence-electron chi connectivity index (χ4n) is 14.2. The molecule has 4 saturated carbocycles. The first kappa shape index (κ1) is 45.7. The van der Waals surface area contributed by atoms with Gasteiger partial charge in [0.25, 0.3) is 5.91 Å². The molecule has 2 saturated heterocycles. The monoisotopic (exact) mass is 923 g/mol. The molecule has 4 aromatic rings. The number of rotatable bonds is 9. The average Bonchev–Trinajstić information content (AvgIpc) is 3.98. The van der Waals surface area contributed by atoms with Crippen LogP contribution in [0.1, 0.15) is 130 Å². The molecule has 0 radical (unpaired) electrons. The Hall–Kier alpha value is -6.08. The van der Waals surface area contributed by atoms with E-state index in [-0.39, 0.29) is 63.0 Å². The third-order valence-electron chi connectivity index (χ3n) is 17.7. The number of carbonyl (C=O) groups excluding carboxylic acids is 4. The van der Waals surface area contributed by atoms with Crippen LogP contribution in [0.4, 0.5) is 0 Å². The van der Waals surface area contributed by atoms with Gasteiger partial charge in [-0.2, -0.15) is 0 Å². The van der Waals surface area contributed by atoms with Crippen molar-refractivity contribution in [1.82, 2.24) is 14.7 Å². The molecule has 4 aliphatic carbocycles. The number of carbonyl (C=O) groups is 6. The number of fused-ring (bicyclic) bond motifs is 6. The van der Waals surface area contributed by atoms with Gasteiger partial charge in [0.1, 0.15) is 18.2 Å². The summed E-state index contributed by atoms with van der Waals surface area (Å²) >= 11 is 0. The summed E-state index contributed by atoms with van der Waals surface area (Å²) < 4.78 is 12.7. The Morgan fingerprint density at radius 3 is 1.91 bits per heavy atom. The number of ether oxygens (including phenoxy) is 2. The molecular formula is C55H61N3O10. The highest BCUT2D eigenvalue weighted by molar-refractivity contribution is 6.03. The zero-order valence-electron chi connectivity index (χ0n) is 38.9. The first-order valence-electron chi connectivity index (χ1n) is 24.6. The highest BCUT2D eigenvalue weighted by Crippen LogP contribution is 2.67. The minimum Gasteiger partial charge on any atom is -0.478 e. The molecule has 68 heavy (non-hydrogen) atoms. The van der Waals surface area contributed by atoms with Gasteiger partial charge >= 0.3 is 23.9 Å². The third kappa shape index (κ3) is 8.03. The summed E-state index contributed by atoms with van der Waals surface area (Å²) in [6, 6.07) is 25.3. The molecule has 6 fully saturated rings. The van der Waals surface area contributed by atoms with Crippen LogP contribution in [-0.4, -0.2) is 118 Å². The lowest BCUT2D eigenvalue weighted by Gasteiger charge is -2.62. The Labute approximate surface area is 396 Å². The molecule has 0 aromatic heterocycles. The van der Waals surface area contributed by atoms with E-state index in [9.17, 15) is 39.0 Å². The lowest BCUT2D eigenvalue weighted by molar-refractivity contribution is -0.158. The van der Waals surface area contributed by atoms with Crippen molar-refractivity contribution in [3.05, 3.63) is 119 Å². The highest BCUT2D eigenvalue weighted by atomic mass is 16.5. The fourth-order valence-corrected chi connectivity index (χ4v) is 14.2. The van der Waals surface area contributed by atoms with Gasteiger partial charge < -0.3 is 29.5 Å². The maximum atomic E-state index is 14.3. The number of carboxylic acids is 2. The van der Waals surface area contributed by atoms with Gasteiger partial charge in [0, 0.05) is 49.7 Å². The quantitative estimate of drug-likeness (QED) is 0.154. The van der Waals surface area contributed by atoms with E-state index >= 15 is 0 Å². The molecule has 3 unspecified atom stereocenters. The summed E-state index contributed by atoms with van der Waals surface area (Å²) in [4.78, 5) is 86.1. The SMILES string of the molecule is C[C@]12CCC3C(CC[C@H]4C[C@H](OC(=O)c5ccccc5C(=O)O)[C@@H](N5CCN(C(=O)[C@@H]6CCCN6C(=O)c6ccc7ccccc7c6)CC5)C[C@]34C)C1CC[C@@H]2OC(=O)c1ccccc1C(=O)O. The first-order valence-corrected chi connectivity index (χ1v) is 24.6. The number of amides is 2. The smallest absolute Gasteiger partial charge is 0.339 e. The van der Waals surface area contributed by atoms with Crippen LogP contribution in [-0.2, 0) is 14.3 Å². The van der Waals surface area contributed by atoms with Gasteiger partial charge in [0.2, 0.25) is 5.91 Å². The van der Waals surface area contributed by atoms with Crippen molar-refractivity contribution in [1.29, 1.82) is 0 Å². The number of aromatic carboxylic acids is 2. The van der Waals surface area contributed by atoms with Crippen molar-refractivity contribution >= 4 is 46.5 Å². The first-order chi connectivity index (χ1) is 32.7. The second kappa shape index (κ2) is 18.1. The predicted molar refractivity (Wildman–Crippen MR) is 252 cm³/mol. The van der Waals surface area contributed by atoms with E-state index < -0.39 is 36.0 Å². The number of piperazine rings is 1. The Kier molecular flexibility index (Phi) is 12.2. The number of likely N-dealkylation sites (tertiary alicyclic amines) is 1. The van der Waals surface area contributed by atoms with E-state index in [1.165, 1.54) is 24.3 Å². The van der Waals surface area contributed by atoms with E-state index in [1.807, 2.05) is 47.4 Å². The molecule has 13 nitrogen and oxygen atoms in total. The Balaban J connectivity index is 0.864. The van der Waals surface area contributed by atoms with Gasteiger partial charge in [-0.1, -0.05) is 68.4 Å². The summed E-state index contributed by atoms with van der Waals surface area (Å²) in [5, 5.41) is 21.8. The van der Waals surface area contributed by atoms with Crippen molar-refractivity contribution < 1.29 is 48.5 Å². The van der Waals surface area contributed by atoms with Crippen LogP contribution in [0.2, 0.25) is 0 Å². The van der Waals surface area contributed by atoms with E-state index in [4.69, 9.17) is 9.47 Å². The molecule has 2 amide bonds. The average molecular weight is 924 g/mol. The normalized spacial score (nSPS) is 31.3. The van der Waals surface area contributed by atoms with Gasteiger partial charge in [-0.15, -0.1) is 0 Å². The molecule has 10 atom stereocenters. The van der Waals surface area contributed by atoms with Crippen LogP contribution in [0.25, 0.3) is 10.8 Å². The number of benzene rings is 4. The van der Waals surface area contributed by atoms with E-state index in [0.717, 1.165) is 62.1 Å². The van der Waals surface area contributed by atoms with Crippen molar-refractivity contribution in [3.63, 3.8) is 0 Å². The molecule has 0 spiro atoms. The fraction of sp³-hybridized carbons (Fsp3) is 0.491. The third-order valence-corrected chi connectivity index (χ3v) is 17.7. The molecule has 2 heterocycles. The molecule has 4 aromatic carbocycles. The highest BCUT2D eigenvalue weighted by Gasteiger charge is 2.63. The Morgan fingerprint density at radius 2 is 1.24 bits per heavy atom. The van der Waals surface area contributed by atoms with Gasteiger partial charge in [-0.05, 0) is 140 Å².